The molecule has 0 aliphatic carbocycles. The lowest BCUT2D eigenvalue weighted by Crippen LogP contribution is -2.38. The van der Waals surface area contributed by atoms with Gasteiger partial charge in [-0.25, -0.2) is 0 Å². The van der Waals surface area contributed by atoms with E-state index in [9.17, 15) is 4.79 Å². The maximum atomic E-state index is 12.4. The molecule has 1 amide bonds. The number of halogens is 1. The molecule has 1 aromatic rings. The number of carbonyl (C=O) groups excluding carboxylic acids is 1. The highest BCUT2D eigenvalue weighted by Crippen LogP contribution is 2.36. The van der Waals surface area contributed by atoms with Crippen LogP contribution in [0.3, 0.4) is 0 Å². The minimum atomic E-state index is -0.164. The highest BCUT2D eigenvalue weighted by Gasteiger charge is 2.16. The van der Waals surface area contributed by atoms with E-state index in [0.717, 1.165) is 39.3 Å². The molecule has 1 saturated heterocycles. The first-order chi connectivity index (χ1) is 12.5. The van der Waals surface area contributed by atoms with E-state index in [1.807, 2.05) is 0 Å². The van der Waals surface area contributed by atoms with Gasteiger partial charge >= 0.3 is 0 Å². The van der Waals surface area contributed by atoms with Gasteiger partial charge in [-0.2, -0.15) is 0 Å². The number of rotatable bonds is 9. The van der Waals surface area contributed by atoms with Crippen LogP contribution >= 0.6 is 11.6 Å². The minimum Gasteiger partial charge on any atom is -0.493 e. The van der Waals surface area contributed by atoms with Crippen LogP contribution in [0.5, 0.6) is 11.5 Å². The van der Waals surface area contributed by atoms with E-state index in [1.54, 1.807) is 12.1 Å². The van der Waals surface area contributed by atoms with Crippen molar-refractivity contribution in [3.05, 3.63) is 22.7 Å². The molecule has 2 rings (SSSR count). The third-order valence-electron chi connectivity index (χ3n) is 4.09. The summed E-state index contributed by atoms with van der Waals surface area (Å²) in [5.74, 6) is 1.15. The zero-order valence-electron chi connectivity index (χ0n) is 15.8. The van der Waals surface area contributed by atoms with Gasteiger partial charge in [-0.3, -0.25) is 9.69 Å². The number of amides is 1. The van der Waals surface area contributed by atoms with E-state index >= 15 is 0 Å². The molecular formula is C19H29ClN2O4. The van der Waals surface area contributed by atoms with Gasteiger partial charge in [0, 0.05) is 25.2 Å². The van der Waals surface area contributed by atoms with Crippen molar-refractivity contribution in [2.24, 2.45) is 5.92 Å². The number of benzene rings is 1. The van der Waals surface area contributed by atoms with E-state index in [2.05, 4.69) is 24.1 Å². The number of methoxy groups -OCH3 is 1. The molecule has 7 heteroatoms. The summed E-state index contributed by atoms with van der Waals surface area (Å²) in [6, 6.07) is 3.29. The summed E-state index contributed by atoms with van der Waals surface area (Å²) in [5, 5.41) is 3.31. The number of carbonyl (C=O) groups is 1. The summed E-state index contributed by atoms with van der Waals surface area (Å²) in [4.78, 5) is 14.7. The molecule has 0 bridgehead atoms. The lowest BCUT2D eigenvalue weighted by atomic mass is 10.1. The molecule has 0 aromatic heterocycles. The second-order valence-electron chi connectivity index (χ2n) is 6.76. The van der Waals surface area contributed by atoms with Crippen molar-refractivity contribution in [2.45, 2.75) is 20.3 Å². The molecule has 0 saturated carbocycles. The van der Waals surface area contributed by atoms with E-state index < -0.39 is 0 Å². The topological polar surface area (TPSA) is 60.0 Å². The molecule has 1 heterocycles. The normalized spacial score (nSPS) is 15.1. The van der Waals surface area contributed by atoms with Gasteiger partial charge in [0.25, 0.3) is 5.91 Å². The Bertz CT molecular complexity index is 589. The second kappa shape index (κ2) is 10.6. The molecule has 146 valence electrons. The van der Waals surface area contributed by atoms with Gasteiger partial charge in [0.05, 0.1) is 32.0 Å². The molecule has 0 unspecified atom stereocenters. The first-order valence-corrected chi connectivity index (χ1v) is 9.47. The maximum Gasteiger partial charge on any atom is 0.251 e. The third-order valence-corrected chi connectivity index (χ3v) is 4.37. The molecular weight excluding hydrogens is 356 g/mol. The van der Waals surface area contributed by atoms with Crippen LogP contribution in [0.1, 0.15) is 30.6 Å². The summed E-state index contributed by atoms with van der Waals surface area (Å²) in [6.07, 6.45) is 0.895. The van der Waals surface area contributed by atoms with Crippen molar-refractivity contribution in [2.75, 3.05) is 53.1 Å². The summed E-state index contributed by atoms with van der Waals surface area (Å²) >= 11 is 6.30. The molecule has 0 radical (unpaired) electrons. The molecule has 1 fully saturated rings. The molecule has 0 spiro atoms. The van der Waals surface area contributed by atoms with E-state index in [-0.39, 0.29) is 5.91 Å². The monoisotopic (exact) mass is 384 g/mol. The van der Waals surface area contributed by atoms with Gasteiger partial charge in [-0.15, -0.1) is 0 Å². The van der Waals surface area contributed by atoms with Crippen LogP contribution in [0.15, 0.2) is 12.1 Å². The first-order valence-electron chi connectivity index (χ1n) is 9.10. The van der Waals surface area contributed by atoms with Crippen LogP contribution in [0, 0.1) is 5.92 Å². The Kier molecular flexibility index (Phi) is 8.48. The zero-order valence-corrected chi connectivity index (χ0v) is 16.6. The predicted octanol–water partition coefficient (Wildman–Crippen LogP) is 2.84. The third kappa shape index (κ3) is 6.34. The van der Waals surface area contributed by atoms with Crippen molar-refractivity contribution in [1.29, 1.82) is 0 Å². The Morgan fingerprint density at radius 2 is 2.08 bits per heavy atom. The number of ether oxygens (including phenoxy) is 3. The lowest BCUT2D eigenvalue weighted by Gasteiger charge is -2.26. The first kappa shape index (κ1) is 20.8. The van der Waals surface area contributed by atoms with Gasteiger partial charge in [-0.05, 0) is 31.0 Å². The average Bonchev–Trinajstić information content (AvgIpc) is 2.64. The van der Waals surface area contributed by atoms with Crippen LogP contribution in [0.25, 0.3) is 0 Å². The molecule has 1 N–H and O–H groups in total. The molecule has 1 aromatic carbocycles. The van der Waals surface area contributed by atoms with Crippen LogP contribution in [0.2, 0.25) is 5.02 Å². The quantitative estimate of drug-likeness (QED) is 0.663. The van der Waals surface area contributed by atoms with Crippen molar-refractivity contribution in [1.82, 2.24) is 10.2 Å². The largest absolute Gasteiger partial charge is 0.493 e. The summed E-state index contributed by atoms with van der Waals surface area (Å²) < 4.78 is 16.4. The fourth-order valence-corrected chi connectivity index (χ4v) is 2.94. The highest BCUT2D eigenvalue weighted by molar-refractivity contribution is 6.32. The number of hydrogen-bond donors (Lipinski definition) is 1. The van der Waals surface area contributed by atoms with Gasteiger partial charge in [-0.1, -0.05) is 25.4 Å². The SMILES string of the molecule is COc1cc(C(=O)NCCCN2CCOCC2)cc(Cl)c1OCC(C)C. The summed E-state index contributed by atoms with van der Waals surface area (Å²) in [5.41, 5.74) is 0.468. The standard InChI is InChI=1S/C19H29ClN2O4/c1-14(2)13-26-18-16(20)11-15(12-17(18)24-3)19(23)21-5-4-6-22-7-9-25-10-8-22/h11-12,14H,4-10,13H2,1-3H3,(H,21,23). The van der Waals surface area contributed by atoms with Gasteiger partial charge < -0.3 is 19.5 Å². The number of nitrogens with zero attached hydrogens (tertiary/aromatic N) is 1. The lowest BCUT2D eigenvalue weighted by molar-refractivity contribution is 0.0374. The smallest absolute Gasteiger partial charge is 0.251 e. The predicted molar refractivity (Wildman–Crippen MR) is 103 cm³/mol. The Balaban J connectivity index is 1.88. The highest BCUT2D eigenvalue weighted by atomic mass is 35.5. The maximum absolute atomic E-state index is 12.4. The summed E-state index contributed by atoms with van der Waals surface area (Å²) in [7, 11) is 1.54. The molecule has 26 heavy (non-hydrogen) atoms. The van der Waals surface area contributed by atoms with E-state index in [4.69, 9.17) is 25.8 Å². The van der Waals surface area contributed by atoms with Crippen molar-refractivity contribution in [3.63, 3.8) is 0 Å². The Hall–Kier alpha value is -1.50. The Morgan fingerprint density at radius 3 is 2.73 bits per heavy atom. The zero-order chi connectivity index (χ0) is 18.9. The fourth-order valence-electron chi connectivity index (χ4n) is 2.67. The minimum absolute atomic E-state index is 0.164. The number of hydrogen-bond acceptors (Lipinski definition) is 5. The van der Waals surface area contributed by atoms with E-state index in [0.29, 0.717) is 41.2 Å². The fraction of sp³-hybridized carbons (Fsp3) is 0.632. The van der Waals surface area contributed by atoms with Crippen LogP contribution in [-0.4, -0.2) is 63.9 Å². The van der Waals surface area contributed by atoms with E-state index in [1.165, 1.54) is 7.11 Å². The summed E-state index contributed by atoms with van der Waals surface area (Å²) in [6.45, 7) is 9.70. The molecule has 1 aliphatic heterocycles. The van der Waals surface area contributed by atoms with Gasteiger partial charge in [0.2, 0.25) is 0 Å². The van der Waals surface area contributed by atoms with Crippen molar-refractivity contribution < 1.29 is 19.0 Å². The Morgan fingerprint density at radius 1 is 1.35 bits per heavy atom. The Labute approximate surface area is 160 Å². The van der Waals surface area contributed by atoms with Gasteiger partial charge in [0.1, 0.15) is 0 Å². The van der Waals surface area contributed by atoms with Crippen LogP contribution in [-0.2, 0) is 4.74 Å². The average molecular weight is 385 g/mol. The molecule has 6 nitrogen and oxygen atoms in total. The van der Waals surface area contributed by atoms with Crippen LogP contribution < -0.4 is 14.8 Å². The molecule has 0 atom stereocenters. The van der Waals surface area contributed by atoms with Crippen molar-refractivity contribution >= 4 is 17.5 Å². The molecule has 1 aliphatic rings. The second-order valence-corrected chi connectivity index (χ2v) is 7.16. The number of morpholine rings is 1. The van der Waals surface area contributed by atoms with Crippen molar-refractivity contribution in [3.8, 4) is 11.5 Å². The number of nitrogens with one attached hydrogen (secondary N) is 1. The van der Waals surface area contributed by atoms with Crippen LogP contribution in [0.4, 0.5) is 0 Å². The van der Waals surface area contributed by atoms with Gasteiger partial charge in [0.15, 0.2) is 11.5 Å².